The maximum absolute atomic E-state index is 10.9. The molecule has 0 radical (unpaired) electrons. The van der Waals surface area contributed by atoms with E-state index in [9.17, 15) is 4.79 Å². The van der Waals surface area contributed by atoms with Gasteiger partial charge in [0.15, 0.2) is 5.12 Å². The standard InChI is InChI=1S/C14H28OS/c1-4-5-6-7-8-9-10-11-14(2,3)12-13(15)16/h4-12H2,1-3H3,(H,15,16). The van der Waals surface area contributed by atoms with E-state index in [-0.39, 0.29) is 10.5 Å². The summed E-state index contributed by atoms with van der Waals surface area (Å²) in [5.74, 6) is 0. The summed E-state index contributed by atoms with van der Waals surface area (Å²) in [6.07, 6.45) is 11.1. The molecule has 1 nitrogen and oxygen atoms in total. The van der Waals surface area contributed by atoms with Crippen LogP contribution < -0.4 is 0 Å². The number of thiol groups is 1. The molecule has 0 bridgehead atoms. The average Bonchev–Trinajstić information content (AvgIpc) is 2.14. The normalized spacial score (nSPS) is 11.8. The second-order valence-corrected chi connectivity index (χ2v) is 6.10. The van der Waals surface area contributed by atoms with Gasteiger partial charge in [0.1, 0.15) is 0 Å². The summed E-state index contributed by atoms with van der Waals surface area (Å²) in [6, 6.07) is 0. The first-order chi connectivity index (χ1) is 7.48. The fraction of sp³-hybridized carbons (Fsp3) is 0.929. The van der Waals surface area contributed by atoms with Crippen molar-refractivity contribution in [1.29, 1.82) is 0 Å². The van der Waals surface area contributed by atoms with Crippen molar-refractivity contribution in [3.05, 3.63) is 0 Å². The van der Waals surface area contributed by atoms with E-state index in [2.05, 4.69) is 33.4 Å². The SMILES string of the molecule is CCCCCCCCCC(C)(C)CC(=O)S. The highest BCUT2D eigenvalue weighted by molar-refractivity contribution is 7.96. The first kappa shape index (κ1) is 16.0. The van der Waals surface area contributed by atoms with Gasteiger partial charge >= 0.3 is 0 Å². The average molecular weight is 244 g/mol. The van der Waals surface area contributed by atoms with E-state index in [1.807, 2.05) is 0 Å². The van der Waals surface area contributed by atoms with Gasteiger partial charge in [-0.1, -0.05) is 65.7 Å². The lowest BCUT2D eigenvalue weighted by molar-refractivity contribution is -0.112. The first-order valence-electron chi connectivity index (χ1n) is 6.70. The van der Waals surface area contributed by atoms with Gasteiger partial charge in [-0.3, -0.25) is 4.79 Å². The van der Waals surface area contributed by atoms with Gasteiger partial charge in [0, 0.05) is 6.42 Å². The molecule has 16 heavy (non-hydrogen) atoms. The van der Waals surface area contributed by atoms with Crippen LogP contribution in [-0.2, 0) is 4.79 Å². The fourth-order valence-electron chi connectivity index (χ4n) is 2.06. The van der Waals surface area contributed by atoms with Crippen molar-refractivity contribution in [3.8, 4) is 0 Å². The van der Waals surface area contributed by atoms with Gasteiger partial charge in [-0.2, -0.15) is 0 Å². The highest BCUT2D eigenvalue weighted by Gasteiger charge is 2.19. The predicted octanol–water partition coefficient (Wildman–Crippen LogP) is 5.00. The summed E-state index contributed by atoms with van der Waals surface area (Å²) >= 11 is 3.85. The number of carbonyl (C=O) groups is 1. The number of rotatable bonds is 10. The van der Waals surface area contributed by atoms with E-state index in [1.54, 1.807) is 0 Å². The quantitative estimate of drug-likeness (QED) is 0.423. The molecule has 0 aromatic rings. The van der Waals surface area contributed by atoms with E-state index in [1.165, 1.54) is 44.9 Å². The largest absolute Gasteiger partial charge is 0.287 e. The van der Waals surface area contributed by atoms with Crippen molar-refractivity contribution in [3.63, 3.8) is 0 Å². The van der Waals surface area contributed by atoms with Crippen LogP contribution in [0, 0.1) is 5.41 Å². The Labute approximate surface area is 107 Å². The predicted molar refractivity (Wildman–Crippen MR) is 75.0 cm³/mol. The van der Waals surface area contributed by atoms with Gasteiger partial charge in [0.05, 0.1) is 0 Å². The molecule has 0 heterocycles. The highest BCUT2D eigenvalue weighted by atomic mass is 32.1. The molecule has 0 rings (SSSR count). The molecule has 0 aromatic carbocycles. The number of hydrogen-bond acceptors (Lipinski definition) is 1. The molecule has 0 aromatic heterocycles. The summed E-state index contributed by atoms with van der Waals surface area (Å²) < 4.78 is 0. The zero-order chi connectivity index (χ0) is 12.4. The highest BCUT2D eigenvalue weighted by Crippen LogP contribution is 2.28. The topological polar surface area (TPSA) is 17.1 Å². The van der Waals surface area contributed by atoms with Gasteiger partial charge < -0.3 is 0 Å². The second-order valence-electron chi connectivity index (χ2n) is 5.61. The summed E-state index contributed by atoms with van der Waals surface area (Å²) in [6.45, 7) is 6.58. The zero-order valence-corrected chi connectivity index (χ0v) is 12.1. The third-order valence-electron chi connectivity index (χ3n) is 3.09. The van der Waals surface area contributed by atoms with Crippen LogP contribution in [0.1, 0.15) is 78.6 Å². The number of unbranched alkanes of at least 4 members (excludes halogenated alkanes) is 6. The van der Waals surface area contributed by atoms with E-state index in [0.29, 0.717) is 6.42 Å². The molecule has 96 valence electrons. The third kappa shape index (κ3) is 10.5. The minimum Gasteiger partial charge on any atom is -0.287 e. The molecule has 0 aliphatic carbocycles. The Morgan fingerprint density at radius 3 is 2.00 bits per heavy atom. The van der Waals surface area contributed by atoms with Crippen LogP contribution in [0.4, 0.5) is 0 Å². The molecule has 0 fully saturated rings. The molecule has 0 unspecified atom stereocenters. The van der Waals surface area contributed by atoms with Crippen molar-refractivity contribution >= 4 is 17.7 Å². The Balaban J connectivity index is 3.39. The molecule has 0 atom stereocenters. The van der Waals surface area contributed by atoms with E-state index < -0.39 is 0 Å². The van der Waals surface area contributed by atoms with Crippen LogP contribution in [-0.4, -0.2) is 5.12 Å². The molecular formula is C14H28OS. The lowest BCUT2D eigenvalue weighted by Gasteiger charge is -2.22. The maximum Gasteiger partial charge on any atom is 0.186 e. The summed E-state index contributed by atoms with van der Waals surface area (Å²) in [5, 5.41) is 0.0212. The second kappa shape index (κ2) is 9.09. The van der Waals surface area contributed by atoms with Crippen LogP contribution in [0.25, 0.3) is 0 Å². The molecule has 0 spiro atoms. The molecule has 0 saturated heterocycles. The molecule has 0 amide bonds. The monoisotopic (exact) mass is 244 g/mol. The minimum absolute atomic E-state index is 0.0212. The number of carbonyl (C=O) groups excluding carboxylic acids is 1. The summed E-state index contributed by atoms with van der Waals surface area (Å²) in [5.41, 5.74) is 0.141. The Morgan fingerprint density at radius 2 is 1.50 bits per heavy atom. The van der Waals surface area contributed by atoms with Crippen LogP contribution in [0.3, 0.4) is 0 Å². The van der Waals surface area contributed by atoms with Gasteiger partial charge in [-0.15, -0.1) is 12.6 Å². The molecule has 0 aliphatic heterocycles. The van der Waals surface area contributed by atoms with Crippen molar-refractivity contribution in [2.45, 2.75) is 78.6 Å². The van der Waals surface area contributed by atoms with Crippen LogP contribution in [0.15, 0.2) is 0 Å². The Bertz CT molecular complexity index is 187. The molecular weight excluding hydrogens is 216 g/mol. The third-order valence-corrected chi connectivity index (χ3v) is 3.24. The molecule has 0 aliphatic rings. The van der Waals surface area contributed by atoms with E-state index >= 15 is 0 Å². The Kier molecular flexibility index (Phi) is 9.10. The molecule has 0 saturated carbocycles. The Hall–Kier alpha value is 0.0200. The first-order valence-corrected chi connectivity index (χ1v) is 7.14. The summed E-state index contributed by atoms with van der Waals surface area (Å²) in [7, 11) is 0. The number of hydrogen-bond donors (Lipinski definition) is 1. The minimum atomic E-state index is 0.0212. The Morgan fingerprint density at radius 1 is 1.00 bits per heavy atom. The van der Waals surface area contributed by atoms with Gasteiger partial charge in [0.25, 0.3) is 0 Å². The fourth-order valence-corrected chi connectivity index (χ4v) is 2.49. The molecule has 2 heteroatoms. The van der Waals surface area contributed by atoms with Crippen LogP contribution in [0.2, 0.25) is 0 Å². The van der Waals surface area contributed by atoms with Crippen molar-refractivity contribution < 1.29 is 4.79 Å². The van der Waals surface area contributed by atoms with Crippen molar-refractivity contribution in [1.82, 2.24) is 0 Å². The maximum atomic E-state index is 10.9. The van der Waals surface area contributed by atoms with Crippen molar-refractivity contribution in [2.75, 3.05) is 0 Å². The van der Waals surface area contributed by atoms with Gasteiger partial charge in [-0.05, 0) is 11.8 Å². The lowest BCUT2D eigenvalue weighted by Crippen LogP contribution is -2.14. The van der Waals surface area contributed by atoms with Gasteiger partial charge in [0.2, 0.25) is 0 Å². The zero-order valence-electron chi connectivity index (χ0n) is 11.2. The van der Waals surface area contributed by atoms with E-state index in [0.717, 1.165) is 6.42 Å². The smallest absolute Gasteiger partial charge is 0.186 e. The summed E-state index contributed by atoms with van der Waals surface area (Å²) in [4.78, 5) is 10.9. The van der Waals surface area contributed by atoms with Crippen LogP contribution in [0.5, 0.6) is 0 Å². The molecule has 0 N–H and O–H groups in total. The van der Waals surface area contributed by atoms with E-state index in [4.69, 9.17) is 0 Å². The van der Waals surface area contributed by atoms with Crippen LogP contribution >= 0.6 is 12.6 Å². The van der Waals surface area contributed by atoms with Gasteiger partial charge in [-0.25, -0.2) is 0 Å². The van der Waals surface area contributed by atoms with Crippen molar-refractivity contribution in [2.24, 2.45) is 5.41 Å². The lowest BCUT2D eigenvalue weighted by atomic mass is 9.84.